The van der Waals surface area contributed by atoms with Crippen LogP contribution in [0, 0.1) is 0 Å². The Balaban J connectivity index is 2.32. The summed E-state index contributed by atoms with van der Waals surface area (Å²) in [4.78, 5) is 4.17. The molecule has 0 aliphatic heterocycles. The van der Waals surface area contributed by atoms with Crippen LogP contribution in [0.25, 0.3) is 11.5 Å². The molecular formula is C12H12BrClN2O2. The van der Waals surface area contributed by atoms with Gasteiger partial charge in [-0.1, -0.05) is 36.2 Å². The number of benzene rings is 1. The summed E-state index contributed by atoms with van der Waals surface area (Å²) in [6.45, 7) is 1.98. The molecule has 1 unspecified atom stereocenters. The predicted octanol–water partition coefficient (Wildman–Crippen LogP) is 3.99. The maximum absolute atomic E-state index is 9.78. The SMILES string of the molecule is CCCC(O)c1noc(-c2cccc(Br)c2Cl)n1. The van der Waals surface area contributed by atoms with Crippen LogP contribution in [-0.4, -0.2) is 15.2 Å². The zero-order valence-electron chi connectivity index (χ0n) is 9.73. The highest BCUT2D eigenvalue weighted by atomic mass is 79.9. The first-order valence-electron chi connectivity index (χ1n) is 5.59. The van der Waals surface area contributed by atoms with E-state index in [4.69, 9.17) is 16.1 Å². The largest absolute Gasteiger partial charge is 0.385 e. The molecule has 96 valence electrons. The minimum absolute atomic E-state index is 0.294. The number of aliphatic hydroxyl groups is 1. The van der Waals surface area contributed by atoms with Gasteiger partial charge in [0.1, 0.15) is 6.10 Å². The van der Waals surface area contributed by atoms with Crippen LogP contribution < -0.4 is 0 Å². The van der Waals surface area contributed by atoms with Crippen molar-refractivity contribution in [1.29, 1.82) is 0 Å². The minimum atomic E-state index is -0.696. The number of hydrogen-bond donors (Lipinski definition) is 1. The number of halogens is 2. The smallest absolute Gasteiger partial charge is 0.259 e. The third-order valence-corrected chi connectivity index (χ3v) is 3.78. The van der Waals surface area contributed by atoms with Crippen LogP contribution in [0.1, 0.15) is 31.7 Å². The van der Waals surface area contributed by atoms with E-state index >= 15 is 0 Å². The van der Waals surface area contributed by atoms with Crippen molar-refractivity contribution in [3.63, 3.8) is 0 Å². The second kappa shape index (κ2) is 5.82. The molecular weight excluding hydrogens is 320 g/mol. The van der Waals surface area contributed by atoms with E-state index in [2.05, 4.69) is 26.1 Å². The van der Waals surface area contributed by atoms with E-state index in [0.717, 1.165) is 10.9 Å². The summed E-state index contributed by atoms with van der Waals surface area (Å²) in [7, 11) is 0. The monoisotopic (exact) mass is 330 g/mol. The fourth-order valence-corrected chi connectivity index (χ4v) is 2.12. The topological polar surface area (TPSA) is 59.2 Å². The number of rotatable bonds is 4. The Morgan fingerprint density at radius 1 is 1.50 bits per heavy atom. The first-order chi connectivity index (χ1) is 8.63. The number of aliphatic hydroxyl groups excluding tert-OH is 1. The lowest BCUT2D eigenvalue weighted by Gasteiger charge is -2.02. The molecule has 2 aromatic rings. The van der Waals surface area contributed by atoms with Gasteiger partial charge in [0.2, 0.25) is 5.82 Å². The third-order valence-electron chi connectivity index (χ3n) is 2.48. The average Bonchev–Trinajstić information content (AvgIpc) is 2.82. The molecule has 2 rings (SSSR count). The van der Waals surface area contributed by atoms with Gasteiger partial charge in [-0.05, 0) is 34.5 Å². The van der Waals surface area contributed by atoms with Crippen molar-refractivity contribution in [3.05, 3.63) is 33.5 Å². The van der Waals surface area contributed by atoms with E-state index in [1.54, 1.807) is 6.07 Å². The van der Waals surface area contributed by atoms with Crippen molar-refractivity contribution in [3.8, 4) is 11.5 Å². The van der Waals surface area contributed by atoms with Gasteiger partial charge in [0.15, 0.2) is 0 Å². The molecule has 1 heterocycles. The van der Waals surface area contributed by atoms with Gasteiger partial charge in [0.25, 0.3) is 5.89 Å². The van der Waals surface area contributed by atoms with Crippen molar-refractivity contribution in [1.82, 2.24) is 10.1 Å². The van der Waals surface area contributed by atoms with Gasteiger partial charge in [0, 0.05) is 4.47 Å². The molecule has 4 nitrogen and oxygen atoms in total. The van der Waals surface area contributed by atoms with E-state index in [-0.39, 0.29) is 0 Å². The Labute approximate surface area is 118 Å². The zero-order valence-corrected chi connectivity index (χ0v) is 12.1. The molecule has 1 aromatic carbocycles. The van der Waals surface area contributed by atoms with Crippen molar-refractivity contribution >= 4 is 27.5 Å². The fourth-order valence-electron chi connectivity index (χ4n) is 1.55. The third kappa shape index (κ3) is 2.74. The maximum atomic E-state index is 9.78. The van der Waals surface area contributed by atoms with E-state index in [1.165, 1.54) is 0 Å². The molecule has 1 atom stereocenters. The molecule has 0 amide bonds. The van der Waals surface area contributed by atoms with E-state index in [0.29, 0.717) is 28.7 Å². The standard InChI is InChI=1S/C12H12BrClN2O2/c1-2-4-9(17)11-15-12(18-16-11)7-5-3-6-8(13)10(7)14/h3,5-6,9,17H,2,4H2,1H3. The Morgan fingerprint density at radius 3 is 3.00 bits per heavy atom. The molecule has 0 saturated heterocycles. The van der Waals surface area contributed by atoms with Gasteiger partial charge in [0.05, 0.1) is 10.6 Å². The van der Waals surface area contributed by atoms with Crippen LogP contribution in [0.2, 0.25) is 5.02 Å². The molecule has 0 spiro atoms. The van der Waals surface area contributed by atoms with Crippen LogP contribution in [0.5, 0.6) is 0 Å². The second-order valence-electron chi connectivity index (χ2n) is 3.86. The lowest BCUT2D eigenvalue weighted by molar-refractivity contribution is 0.153. The number of hydrogen-bond acceptors (Lipinski definition) is 4. The van der Waals surface area contributed by atoms with Crippen molar-refractivity contribution in [2.75, 3.05) is 0 Å². The van der Waals surface area contributed by atoms with Gasteiger partial charge >= 0.3 is 0 Å². The molecule has 0 saturated carbocycles. The lowest BCUT2D eigenvalue weighted by atomic mass is 10.2. The summed E-state index contributed by atoms with van der Waals surface area (Å²) in [5.41, 5.74) is 0.647. The molecule has 6 heteroatoms. The number of aromatic nitrogens is 2. The molecule has 0 radical (unpaired) electrons. The summed E-state index contributed by atoms with van der Waals surface area (Å²) in [6.07, 6.45) is 0.756. The first kappa shape index (κ1) is 13.5. The average molecular weight is 332 g/mol. The van der Waals surface area contributed by atoms with Gasteiger partial charge in [-0.15, -0.1) is 0 Å². The minimum Gasteiger partial charge on any atom is -0.385 e. The van der Waals surface area contributed by atoms with Crippen LogP contribution in [-0.2, 0) is 0 Å². The summed E-state index contributed by atoms with van der Waals surface area (Å²) in [5.74, 6) is 0.606. The van der Waals surface area contributed by atoms with E-state index in [9.17, 15) is 5.11 Å². The van der Waals surface area contributed by atoms with Crippen LogP contribution in [0.3, 0.4) is 0 Å². The van der Waals surface area contributed by atoms with Gasteiger partial charge in [-0.25, -0.2) is 0 Å². The first-order valence-corrected chi connectivity index (χ1v) is 6.76. The van der Waals surface area contributed by atoms with Gasteiger partial charge in [-0.2, -0.15) is 4.98 Å². The highest BCUT2D eigenvalue weighted by Crippen LogP contribution is 2.33. The van der Waals surface area contributed by atoms with Crippen molar-refractivity contribution < 1.29 is 9.63 Å². The van der Waals surface area contributed by atoms with Gasteiger partial charge < -0.3 is 9.63 Å². The Bertz CT molecular complexity index is 545. The molecule has 0 aliphatic carbocycles. The lowest BCUT2D eigenvalue weighted by Crippen LogP contribution is -1.98. The van der Waals surface area contributed by atoms with E-state index in [1.807, 2.05) is 19.1 Å². The molecule has 0 aliphatic rings. The summed E-state index contributed by atoms with van der Waals surface area (Å²) in [5, 5.41) is 14.1. The summed E-state index contributed by atoms with van der Waals surface area (Å²) < 4.78 is 5.89. The van der Waals surface area contributed by atoms with Crippen LogP contribution in [0.15, 0.2) is 27.2 Å². The van der Waals surface area contributed by atoms with Crippen molar-refractivity contribution in [2.45, 2.75) is 25.9 Å². The molecule has 18 heavy (non-hydrogen) atoms. The Kier molecular flexibility index (Phi) is 4.37. The molecule has 0 bridgehead atoms. The van der Waals surface area contributed by atoms with Crippen molar-refractivity contribution in [2.24, 2.45) is 0 Å². The quantitative estimate of drug-likeness (QED) is 0.920. The highest BCUT2D eigenvalue weighted by molar-refractivity contribution is 9.10. The summed E-state index contributed by atoms with van der Waals surface area (Å²) >= 11 is 9.47. The predicted molar refractivity (Wildman–Crippen MR) is 72.3 cm³/mol. The Hall–Kier alpha value is -0.910. The van der Waals surface area contributed by atoms with Crippen LogP contribution in [0.4, 0.5) is 0 Å². The summed E-state index contributed by atoms with van der Waals surface area (Å²) in [6, 6.07) is 5.45. The highest BCUT2D eigenvalue weighted by Gasteiger charge is 2.17. The molecule has 1 N–H and O–H groups in total. The molecule has 0 fully saturated rings. The normalized spacial score (nSPS) is 12.7. The fraction of sp³-hybridized carbons (Fsp3) is 0.333. The molecule has 1 aromatic heterocycles. The zero-order chi connectivity index (χ0) is 13.1. The van der Waals surface area contributed by atoms with Crippen LogP contribution >= 0.6 is 27.5 Å². The maximum Gasteiger partial charge on any atom is 0.259 e. The van der Waals surface area contributed by atoms with E-state index < -0.39 is 6.10 Å². The Morgan fingerprint density at radius 2 is 2.28 bits per heavy atom. The second-order valence-corrected chi connectivity index (χ2v) is 5.10. The number of nitrogens with zero attached hydrogens (tertiary/aromatic N) is 2. The van der Waals surface area contributed by atoms with Gasteiger partial charge in [-0.3, -0.25) is 0 Å².